The highest BCUT2D eigenvalue weighted by atomic mass is 16.5. The lowest BCUT2D eigenvalue weighted by Crippen LogP contribution is -2.41. The Morgan fingerprint density at radius 3 is 2.48 bits per heavy atom. The van der Waals surface area contributed by atoms with Crippen molar-refractivity contribution < 1.29 is 9.53 Å². The van der Waals surface area contributed by atoms with Crippen LogP contribution in [0.4, 0.5) is 11.4 Å². The minimum atomic E-state index is -0.0361. The maximum absolute atomic E-state index is 12.3. The molecule has 1 aromatic heterocycles. The average Bonchev–Trinajstić information content (AvgIpc) is 2.59. The maximum atomic E-state index is 12.3. The van der Waals surface area contributed by atoms with Crippen LogP contribution < -0.4 is 5.32 Å². The zero-order valence-electron chi connectivity index (χ0n) is 13.5. The summed E-state index contributed by atoms with van der Waals surface area (Å²) in [6, 6.07) is 9.87. The second-order valence-corrected chi connectivity index (χ2v) is 5.76. The SMILES string of the molecule is Cc1ccc(Nc2ccc(C(=O)N3CCOCC3)nc2)cc1C. The molecule has 1 aromatic carbocycles. The summed E-state index contributed by atoms with van der Waals surface area (Å²) in [4.78, 5) is 18.4. The fraction of sp³-hybridized carbons (Fsp3) is 0.333. The van der Waals surface area contributed by atoms with Crippen molar-refractivity contribution >= 4 is 17.3 Å². The summed E-state index contributed by atoms with van der Waals surface area (Å²) < 4.78 is 5.26. The van der Waals surface area contributed by atoms with Crippen LogP contribution in [0.25, 0.3) is 0 Å². The van der Waals surface area contributed by atoms with Gasteiger partial charge in [-0.25, -0.2) is 4.98 Å². The second-order valence-electron chi connectivity index (χ2n) is 5.76. The van der Waals surface area contributed by atoms with E-state index in [1.807, 2.05) is 12.1 Å². The number of nitrogens with zero attached hydrogens (tertiary/aromatic N) is 2. The lowest BCUT2D eigenvalue weighted by atomic mass is 10.1. The summed E-state index contributed by atoms with van der Waals surface area (Å²) >= 11 is 0. The van der Waals surface area contributed by atoms with Crippen molar-refractivity contribution in [3.8, 4) is 0 Å². The number of carbonyl (C=O) groups is 1. The zero-order valence-corrected chi connectivity index (χ0v) is 13.5. The minimum Gasteiger partial charge on any atom is -0.378 e. The number of hydrogen-bond donors (Lipinski definition) is 1. The number of anilines is 2. The quantitative estimate of drug-likeness (QED) is 0.947. The van der Waals surface area contributed by atoms with Crippen LogP contribution in [0, 0.1) is 13.8 Å². The predicted molar refractivity (Wildman–Crippen MR) is 90.2 cm³/mol. The Hall–Kier alpha value is -2.40. The van der Waals surface area contributed by atoms with E-state index in [0.29, 0.717) is 32.0 Å². The van der Waals surface area contributed by atoms with E-state index >= 15 is 0 Å². The van der Waals surface area contributed by atoms with Crippen LogP contribution in [-0.2, 0) is 4.74 Å². The number of morpholine rings is 1. The molecule has 0 bridgehead atoms. The molecule has 0 atom stereocenters. The molecule has 1 aliphatic rings. The summed E-state index contributed by atoms with van der Waals surface area (Å²) in [5.41, 5.74) is 4.86. The summed E-state index contributed by atoms with van der Waals surface area (Å²) in [6.45, 7) is 6.62. The van der Waals surface area contributed by atoms with Gasteiger partial charge in [-0.1, -0.05) is 6.07 Å². The molecule has 5 nitrogen and oxygen atoms in total. The van der Waals surface area contributed by atoms with Crippen LogP contribution in [0.3, 0.4) is 0 Å². The van der Waals surface area contributed by atoms with Gasteiger partial charge in [0.1, 0.15) is 5.69 Å². The zero-order chi connectivity index (χ0) is 16.2. The molecule has 0 spiro atoms. The van der Waals surface area contributed by atoms with Gasteiger partial charge in [0.2, 0.25) is 0 Å². The van der Waals surface area contributed by atoms with Gasteiger partial charge in [0.05, 0.1) is 25.1 Å². The fourth-order valence-electron chi connectivity index (χ4n) is 2.51. The summed E-state index contributed by atoms with van der Waals surface area (Å²) in [7, 11) is 0. The van der Waals surface area contributed by atoms with Gasteiger partial charge in [-0.2, -0.15) is 0 Å². The first-order valence-electron chi connectivity index (χ1n) is 7.81. The molecule has 1 N–H and O–H groups in total. The smallest absolute Gasteiger partial charge is 0.272 e. The van der Waals surface area contributed by atoms with Crippen LogP contribution in [0.1, 0.15) is 21.6 Å². The number of aryl methyl sites for hydroxylation is 2. The van der Waals surface area contributed by atoms with Gasteiger partial charge in [0.15, 0.2) is 0 Å². The summed E-state index contributed by atoms with van der Waals surface area (Å²) in [5, 5.41) is 3.31. The van der Waals surface area contributed by atoms with Gasteiger partial charge in [-0.05, 0) is 49.2 Å². The molecule has 0 saturated carbocycles. The molecule has 1 amide bonds. The van der Waals surface area contributed by atoms with Crippen LogP contribution >= 0.6 is 0 Å². The highest BCUT2D eigenvalue weighted by Gasteiger charge is 2.19. The molecule has 23 heavy (non-hydrogen) atoms. The van der Waals surface area contributed by atoms with Gasteiger partial charge in [0, 0.05) is 18.8 Å². The molecule has 2 heterocycles. The lowest BCUT2D eigenvalue weighted by Gasteiger charge is -2.26. The molecule has 0 unspecified atom stereocenters. The number of benzene rings is 1. The first kappa shape index (κ1) is 15.5. The monoisotopic (exact) mass is 311 g/mol. The normalized spacial score (nSPS) is 14.6. The van der Waals surface area contributed by atoms with Gasteiger partial charge in [0.25, 0.3) is 5.91 Å². The Labute approximate surface area is 136 Å². The Morgan fingerprint density at radius 1 is 1.09 bits per heavy atom. The number of hydrogen-bond acceptors (Lipinski definition) is 4. The van der Waals surface area contributed by atoms with E-state index in [9.17, 15) is 4.79 Å². The minimum absolute atomic E-state index is 0.0361. The first-order valence-corrected chi connectivity index (χ1v) is 7.81. The number of carbonyl (C=O) groups excluding carboxylic acids is 1. The van der Waals surface area contributed by atoms with Crippen LogP contribution in [0.15, 0.2) is 36.5 Å². The van der Waals surface area contributed by atoms with E-state index < -0.39 is 0 Å². The third kappa shape index (κ3) is 3.68. The van der Waals surface area contributed by atoms with E-state index in [4.69, 9.17) is 4.74 Å². The van der Waals surface area contributed by atoms with Crippen LogP contribution in [0.2, 0.25) is 0 Å². The van der Waals surface area contributed by atoms with Crippen molar-refractivity contribution in [2.45, 2.75) is 13.8 Å². The van der Waals surface area contributed by atoms with E-state index in [2.05, 4.69) is 36.3 Å². The van der Waals surface area contributed by atoms with E-state index in [0.717, 1.165) is 11.4 Å². The fourth-order valence-corrected chi connectivity index (χ4v) is 2.51. The van der Waals surface area contributed by atoms with Gasteiger partial charge in [-0.3, -0.25) is 4.79 Å². The molecule has 0 aliphatic carbocycles. The van der Waals surface area contributed by atoms with Gasteiger partial charge < -0.3 is 15.0 Å². The molecule has 5 heteroatoms. The molecular weight excluding hydrogens is 290 g/mol. The third-order valence-electron chi connectivity index (χ3n) is 4.08. The Kier molecular flexibility index (Phi) is 4.57. The highest BCUT2D eigenvalue weighted by molar-refractivity contribution is 5.92. The Bertz CT molecular complexity index is 692. The number of amides is 1. The van der Waals surface area contributed by atoms with Crippen molar-refractivity contribution in [1.29, 1.82) is 0 Å². The number of nitrogens with one attached hydrogen (secondary N) is 1. The molecule has 1 aliphatic heterocycles. The summed E-state index contributed by atoms with van der Waals surface area (Å²) in [6.07, 6.45) is 1.70. The van der Waals surface area contributed by atoms with Crippen molar-refractivity contribution in [2.24, 2.45) is 0 Å². The number of ether oxygens (including phenoxy) is 1. The first-order chi connectivity index (χ1) is 11.1. The number of pyridine rings is 1. The van der Waals surface area contributed by atoms with Gasteiger partial charge >= 0.3 is 0 Å². The molecule has 1 fully saturated rings. The Balaban J connectivity index is 1.68. The standard InChI is InChI=1S/C18H21N3O2/c1-13-3-4-15(11-14(13)2)20-16-5-6-17(19-12-16)18(22)21-7-9-23-10-8-21/h3-6,11-12,20H,7-10H2,1-2H3. The number of aromatic nitrogens is 1. The largest absolute Gasteiger partial charge is 0.378 e. The van der Waals surface area contributed by atoms with Crippen LogP contribution in [0.5, 0.6) is 0 Å². The van der Waals surface area contributed by atoms with E-state index in [-0.39, 0.29) is 5.91 Å². The Morgan fingerprint density at radius 2 is 1.83 bits per heavy atom. The molecule has 1 saturated heterocycles. The van der Waals surface area contributed by atoms with Crippen LogP contribution in [-0.4, -0.2) is 42.1 Å². The topological polar surface area (TPSA) is 54.5 Å². The molecular formula is C18H21N3O2. The van der Waals surface area contributed by atoms with Gasteiger partial charge in [-0.15, -0.1) is 0 Å². The van der Waals surface area contributed by atoms with E-state index in [1.54, 1.807) is 17.2 Å². The lowest BCUT2D eigenvalue weighted by molar-refractivity contribution is 0.0299. The predicted octanol–water partition coefficient (Wildman–Crippen LogP) is 2.91. The highest BCUT2D eigenvalue weighted by Crippen LogP contribution is 2.19. The molecule has 3 rings (SSSR count). The molecule has 0 radical (unpaired) electrons. The second kappa shape index (κ2) is 6.79. The third-order valence-corrected chi connectivity index (χ3v) is 4.08. The number of rotatable bonds is 3. The average molecular weight is 311 g/mol. The van der Waals surface area contributed by atoms with Crippen molar-refractivity contribution in [3.05, 3.63) is 53.3 Å². The summed E-state index contributed by atoms with van der Waals surface area (Å²) in [5.74, 6) is -0.0361. The molecule has 120 valence electrons. The molecule has 2 aromatic rings. The van der Waals surface area contributed by atoms with Crippen molar-refractivity contribution in [3.63, 3.8) is 0 Å². The van der Waals surface area contributed by atoms with Crippen molar-refractivity contribution in [2.75, 3.05) is 31.6 Å². The van der Waals surface area contributed by atoms with E-state index in [1.165, 1.54) is 11.1 Å². The maximum Gasteiger partial charge on any atom is 0.272 e. The van der Waals surface area contributed by atoms with Crippen molar-refractivity contribution in [1.82, 2.24) is 9.88 Å².